The molecule has 21 heavy (non-hydrogen) atoms. The molecular formula is C15H18ClN3O2. The highest BCUT2D eigenvalue weighted by molar-refractivity contribution is 6.31. The van der Waals surface area contributed by atoms with Crippen LogP contribution in [-0.2, 0) is 11.3 Å². The van der Waals surface area contributed by atoms with Gasteiger partial charge in [-0.3, -0.25) is 9.36 Å². The van der Waals surface area contributed by atoms with Gasteiger partial charge in [0.15, 0.2) is 0 Å². The van der Waals surface area contributed by atoms with Gasteiger partial charge in [-0.2, -0.15) is 0 Å². The largest absolute Gasteiger partial charge is 0.380 e. The lowest BCUT2D eigenvalue weighted by Crippen LogP contribution is -2.32. The van der Waals surface area contributed by atoms with Gasteiger partial charge < -0.3 is 9.64 Å². The third-order valence-corrected chi connectivity index (χ3v) is 4.02. The third-order valence-electron chi connectivity index (χ3n) is 3.78. The Morgan fingerprint density at radius 1 is 1.48 bits per heavy atom. The molecule has 1 aromatic carbocycles. The molecule has 2 heterocycles. The van der Waals surface area contributed by atoms with Gasteiger partial charge in [-0.05, 0) is 25.2 Å². The molecule has 0 radical (unpaired) electrons. The van der Waals surface area contributed by atoms with Gasteiger partial charge in [0.1, 0.15) is 0 Å². The summed E-state index contributed by atoms with van der Waals surface area (Å²) in [6.45, 7) is 3.87. The van der Waals surface area contributed by atoms with E-state index in [1.807, 2.05) is 0 Å². The first kappa shape index (κ1) is 14.5. The lowest BCUT2D eigenvalue weighted by molar-refractivity contribution is 0.117. The van der Waals surface area contributed by atoms with Gasteiger partial charge >= 0.3 is 0 Å². The molecule has 0 saturated carbocycles. The molecule has 0 amide bonds. The summed E-state index contributed by atoms with van der Waals surface area (Å²) in [5.41, 5.74) is 0.629. The van der Waals surface area contributed by atoms with Gasteiger partial charge in [0.2, 0.25) is 0 Å². The van der Waals surface area contributed by atoms with Crippen molar-refractivity contribution in [2.45, 2.75) is 6.54 Å². The summed E-state index contributed by atoms with van der Waals surface area (Å²) in [5.74, 6) is 0.286. The van der Waals surface area contributed by atoms with Gasteiger partial charge in [-0.25, -0.2) is 4.98 Å². The number of hydrogen-bond acceptors (Lipinski definition) is 4. The molecule has 1 fully saturated rings. The fraction of sp³-hybridized carbons (Fsp3) is 0.467. The van der Waals surface area contributed by atoms with E-state index in [4.69, 9.17) is 16.3 Å². The maximum absolute atomic E-state index is 12.5. The Morgan fingerprint density at radius 2 is 2.33 bits per heavy atom. The molecule has 6 heteroatoms. The predicted octanol–water partition coefficient (Wildman–Crippen LogP) is 1.63. The molecule has 0 spiro atoms. The summed E-state index contributed by atoms with van der Waals surface area (Å²) in [4.78, 5) is 19.1. The van der Waals surface area contributed by atoms with Gasteiger partial charge in [0, 0.05) is 30.6 Å². The van der Waals surface area contributed by atoms with Crippen molar-refractivity contribution in [3.8, 4) is 0 Å². The summed E-state index contributed by atoms with van der Waals surface area (Å²) < 4.78 is 7.26. The molecule has 1 atom stereocenters. The number of nitrogens with zero attached hydrogens (tertiary/aromatic N) is 3. The maximum Gasteiger partial charge on any atom is 0.261 e. The van der Waals surface area contributed by atoms with Gasteiger partial charge in [-0.1, -0.05) is 11.6 Å². The van der Waals surface area contributed by atoms with Crippen LogP contribution in [0.1, 0.15) is 0 Å². The molecule has 1 saturated heterocycles. The average Bonchev–Trinajstić information content (AvgIpc) is 2.67. The van der Waals surface area contributed by atoms with Crippen LogP contribution in [0.3, 0.4) is 0 Å². The van der Waals surface area contributed by atoms with E-state index in [1.54, 1.807) is 29.1 Å². The zero-order valence-corrected chi connectivity index (χ0v) is 12.7. The van der Waals surface area contributed by atoms with Crippen molar-refractivity contribution >= 4 is 22.5 Å². The molecule has 5 nitrogen and oxygen atoms in total. The highest BCUT2D eigenvalue weighted by Crippen LogP contribution is 2.15. The first-order valence-electron chi connectivity index (χ1n) is 7.04. The average molecular weight is 308 g/mol. The van der Waals surface area contributed by atoms with E-state index in [9.17, 15) is 4.79 Å². The molecule has 2 aromatic rings. The van der Waals surface area contributed by atoms with Gasteiger partial charge in [-0.15, -0.1) is 0 Å². The van der Waals surface area contributed by atoms with Crippen molar-refractivity contribution in [3.05, 3.63) is 39.9 Å². The van der Waals surface area contributed by atoms with Gasteiger partial charge in [0.25, 0.3) is 5.56 Å². The van der Waals surface area contributed by atoms with Crippen LogP contribution in [0.2, 0.25) is 5.02 Å². The van der Waals surface area contributed by atoms with E-state index in [0.29, 0.717) is 29.1 Å². The number of likely N-dealkylation sites (N-methyl/N-ethyl adjacent to an activating group) is 1. The minimum Gasteiger partial charge on any atom is -0.380 e. The van der Waals surface area contributed by atoms with E-state index >= 15 is 0 Å². The van der Waals surface area contributed by atoms with Crippen LogP contribution in [0.15, 0.2) is 29.3 Å². The number of ether oxygens (including phenoxy) is 1. The summed E-state index contributed by atoms with van der Waals surface area (Å²) >= 11 is 5.97. The number of halogens is 1. The first-order chi connectivity index (χ1) is 10.1. The maximum atomic E-state index is 12.5. The Hall–Kier alpha value is -1.43. The fourth-order valence-corrected chi connectivity index (χ4v) is 2.88. The molecule has 112 valence electrons. The third kappa shape index (κ3) is 3.26. The zero-order valence-electron chi connectivity index (χ0n) is 12.0. The number of rotatable bonds is 2. The number of hydrogen-bond donors (Lipinski definition) is 0. The number of benzene rings is 1. The molecule has 3 rings (SSSR count). The molecule has 1 aromatic heterocycles. The van der Waals surface area contributed by atoms with Crippen molar-refractivity contribution in [3.63, 3.8) is 0 Å². The Morgan fingerprint density at radius 3 is 3.19 bits per heavy atom. The summed E-state index contributed by atoms with van der Waals surface area (Å²) in [6, 6.07) is 5.19. The summed E-state index contributed by atoms with van der Waals surface area (Å²) in [7, 11) is 2.07. The van der Waals surface area contributed by atoms with Crippen molar-refractivity contribution in [1.82, 2.24) is 14.5 Å². The van der Waals surface area contributed by atoms with Crippen LogP contribution in [0.25, 0.3) is 10.9 Å². The van der Waals surface area contributed by atoms with Crippen LogP contribution >= 0.6 is 11.6 Å². The molecule has 1 unspecified atom stereocenters. The molecule has 1 aliphatic rings. The van der Waals surface area contributed by atoms with Gasteiger partial charge in [0.05, 0.1) is 30.4 Å². The van der Waals surface area contributed by atoms with E-state index in [-0.39, 0.29) is 11.5 Å². The molecule has 1 aliphatic heterocycles. The minimum absolute atomic E-state index is 0.0469. The van der Waals surface area contributed by atoms with Crippen molar-refractivity contribution in [2.24, 2.45) is 5.92 Å². The molecular weight excluding hydrogens is 290 g/mol. The summed E-state index contributed by atoms with van der Waals surface area (Å²) in [6.07, 6.45) is 1.61. The Kier molecular flexibility index (Phi) is 4.24. The molecule has 0 N–H and O–H groups in total. The Bertz CT molecular complexity index is 701. The van der Waals surface area contributed by atoms with Crippen LogP contribution < -0.4 is 5.56 Å². The monoisotopic (exact) mass is 307 g/mol. The van der Waals surface area contributed by atoms with E-state index < -0.39 is 0 Å². The van der Waals surface area contributed by atoms with E-state index in [0.717, 1.165) is 19.7 Å². The second-order valence-electron chi connectivity index (χ2n) is 5.57. The van der Waals surface area contributed by atoms with E-state index in [2.05, 4.69) is 16.9 Å². The first-order valence-corrected chi connectivity index (χ1v) is 7.42. The number of aromatic nitrogens is 2. The van der Waals surface area contributed by atoms with E-state index in [1.165, 1.54) is 0 Å². The van der Waals surface area contributed by atoms with Crippen LogP contribution in [-0.4, -0.2) is 47.8 Å². The second-order valence-corrected chi connectivity index (χ2v) is 6.00. The van der Waals surface area contributed by atoms with Crippen LogP contribution in [0, 0.1) is 5.92 Å². The molecule has 0 bridgehead atoms. The highest BCUT2D eigenvalue weighted by Gasteiger charge is 2.17. The predicted molar refractivity (Wildman–Crippen MR) is 82.8 cm³/mol. The fourth-order valence-electron chi connectivity index (χ4n) is 2.70. The van der Waals surface area contributed by atoms with Crippen LogP contribution in [0.4, 0.5) is 0 Å². The SMILES string of the molecule is CN1CCOCC(Cn2cnc3ccc(Cl)cc3c2=O)C1. The number of fused-ring (bicyclic) bond motifs is 1. The molecule has 0 aliphatic carbocycles. The lowest BCUT2D eigenvalue weighted by atomic mass is 10.1. The topological polar surface area (TPSA) is 47.4 Å². The highest BCUT2D eigenvalue weighted by atomic mass is 35.5. The smallest absolute Gasteiger partial charge is 0.261 e. The van der Waals surface area contributed by atoms with Crippen LogP contribution in [0.5, 0.6) is 0 Å². The quantitative estimate of drug-likeness (QED) is 0.846. The van der Waals surface area contributed by atoms with Crippen molar-refractivity contribution in [1.29, 1.82) is 0 Å². The second kappa shape index (κ2) is 6.13. The lowest BCUT2D eigenvalue weighted by Gasteiger charge is -2.19. The Labute approximate surface area is 128 Å². The summed E-state index contributed by atoms with van der Waals surface area (Å²) in [5, 5.41) is 1.12. The minimum atomic E-state index is -0.0469. The Balaban J connectivity index is 1.90. The zero-order chi connectivity index (χ0) is 14.8. The normalized spacial score (nSPS) is 20.6. The van der Waals surface area contributed by atoms with Crippen molar-refractivity contribution < 1.29 is 4.74 Å². The van der Waals surface area contributed by atoms with Crippen molar-refractivity contribution in [2.75, 3.05) is 33.4 Å². The standard InChI is InChI=1S/C15H18ClN3O2/c1-18-4-5-21-9-11(7-18)8-19-10-17-14-3-2-12(16)6-13(14)15(19)20/h2-3,6,10-11H,4-5,7-9H2,1H3.